The van der Waals surface area contributed by atoms with Gasteiger partial charge in [-0.25, -0.2) is 4.39 Å². The Kier molecular flexibility index (Phi) is 6.80. The van der Waals surface area contributed by atoms with E-state index in [1.54, 1.807) is 18.1 Å². The van der Waals surface area contributed by atoms with Crippen LogP contribution in [0.1, 0.15) is 10.4 Å². The smallest absolute Gasteiger partial charge is 0.254 e. The first-order valence-corrected chi connectivity index (χ1v) is 6.94. The fourth-order valence-corrected chi connectivity index (χ4v) is 2.03. The first-order chi connectivity index (χ1) is 9.13. The average Bonchev–Trinajstić information content (AvgIpc) is 2.42. The van der Waals surface area contributed by atoms with Crippen LogP contribution in [0.25, 0.3) is 0 Å². The molecule has 0 N–H and O–H groups in total. The number of carbonyl (C=O) groups is 1. The maximum atomic E-state index is 13.6. The van der Waals surface area contributed by atoms with E-state index in [4.69, 9.17) is 9.47 Å². The number of amides is 1. The third-order valence-electron chi connectivity index (χ3n) is 2.61. The lowest BCUT2D eigenvalue weighted by molar-refractivity contribution is 0.0708. The molecular weight excluding hydrogens is 317 g/mol. The standard InChI is InChI=1S/C13H17BrFNO3/c1-18-8-7-16(6-5-14)13(17)10-3-4-12(19-2)11(15)9-10/h3-4,9H,5-8H2,1-2H3. The molecule has 0 fully saturated rings. The van der Waals surface area contributed by atoms with Crippen molar-refractivity contribution in [2.24, 2.45) is 0 Å². The maximum absolute atomic E-state index is 13.6. The Bertz CT molecular complexity index is 428. The minimum atomic E-state index is -0.543. The molecule has 1 amide bonds. The molecule has 19 heavy (non-hydrogen) atoms. The summed E-state index contributed by atoms with van der Waals surface area (Å²) in [4.78, 5) is 13.8. The molecule has 0 spiro atoms. The van der Waals surface area contributed by atoms with Crippen LogP contribution in [0.2, 0.25) is 0 Å². The SMILES string of the molecule is COCCN(CCBr)C(=O)c1ccc(OC)c(F)c1. The molecule has 0 aliphatic heterocycles. The Morgan fingerprint density at radius 3 is 2.63 bits per heavy atom. The Morgan fingerprint density at radius 1 is 1.37 bits per heavy atom. The van der Waals surface area contributed by atoms with E-state index in [-0.39, 0.29) is 11.7 Å². The van der Waals surface area contributed by atoms with Crippen LogP contribution in [0.15, 0.2) is 18.2 Å². The quantitative estimate of drug-likeness (QED) is 0.719. The molecule has 0 atom stereocenters. The summed E-state index contributed by atoms with van der Waals surface area (Å²) in [5, 5.41) is 0.654. The number of halogens is 2. The van der Waals surface area contributed by atoms with Crippen molar-refractivity contribution in [3.63, 3.8) is 0 Å². The highest BCUT2D eigenvalue weighted by Crippen LogP contribution is 2.18. The molecule has 0 unspecified atom stereocenters. The zero-order valence-corrected chi connectivity index (χ0v) is 12.6. The maximum Gasteiger partial charge on any atom is 0.254 e. The van der Waals surface area contributed by atoms with Gasteiger partial charge in [-0.3, -0.25) is 4.79 Å². The van der Waals surface area contributed by atoms with Gasteiger partial charge >= 0.3 is 0 Å². The summed E-state index contributed by atoms with van der Waals surface area (Å²) < 4.78 is 23.4. The molecule has 0 aliphatic carbocycles. The Hall–Kier alpha value is -1.14. The number of nitrogens with zero attached hydrogens (tertiary/aromatic N) is 1. The van der Waals surface area contributed by atoms with Gasteiger partial charge in [-0.1, -0.05) is 15.9 Å². The number of alkyl halides is 1. The highest BCUT2D eigenvalue weighted by molar-refractivity contribution is 9.09. The number of ether oxygens (including phenoxy) is 2. The van der Waals surface area contributed by atoms with Gasteiger partial charge in [0.25, 0.3) is 5.91 Å². The van der Waals surface area contributed by atoms with Crippen molar-refractivity contribution in [1.82, 2.24) is 4.90 Å². The fraction of sp³-hybridized carbons (Fsp3) is 0.462. The van der Waals surface area contributed by atoms with E-state index in [0.29, 0.717) is 30.6 Å². The molecule has 106 valence electrons. The number of carbonyl (C=O) groups excluding carboxylic acids is 1. The molecule has 0 aliphatic rings. The first kappa shape index (κ1) is 15.9. The summed E-state index contributed by atoms with van der Waals surface area (Å²) in [5.74, 6) is -0.641. The molecule has 1 aromatic rings. The predicted molar refractivity (Wildman–Crippen MR) is 74.5 cm³/mol. The van der Waals surface area contributed by atoms with Crippen LogP contribution in [-0.2, 0) is 4.74 Å². The van der Waals surface area contributed by atoms with Gasteiger partial charge in [0.05, 0.1) is 13.7 Å². The number of methoxy groups -OCH3 is 2. The summed E-state index contributed by atoms with van der Waals surface area (Å²) in [6, 6.07) is 4.19. The van der Waals surface area contributed by atoms with Gasteiger partial charge in [0.2, 0.25) is 0 Å². The summed E-state index contributed by atoms with van der Waals surface area (Å²) in [7, 11) is 2.96. The van der Waals surface area contributed by atoms with E-state index in [2.05, 4.69) is 15.9 Å². The summed E-state index contributed by atoms with van der Waals surface area (Å²) in [6.07, 6.45) is 0. The van der Waals surface area contributed by atoms with E-state index < -0.39 is 5.82 Å². The van der Waals surface area contributed by atoms with Crippen molar-refractivity contribution in [2.45, 2.75) is 0 Å². The van der Waals surface area contributed by atoms with Crippen molar-refractivity contribution in [2.75, 3.05) is 39.2 Å². The van der Waals surface area contributed by atoms with Crippen molar-refractivity contribution in [3.8, 4) is 5.75 Å². The Balaban J connectivity index is 2.86. The van der Waals surface area contributed by atoms with Crippen LogP contribution in [-0.4, -0.2) is 50.1 Å². The van der Waals surface area contributed by atoms with Gasteiger partial charge in [-0.2, -0.15) is 0 Å². The second kappa shape index (κ2) is 8.12. The molecule has 1 aromatic carbocycles. The lowest BCUT2D eigenvalue weighted by Crippen LogP contribution is -2.35. The van der Waals surface area contributed by atoms with Gasteiger partial charge < -0.3 is 14.4 Å². The van der Waals surface area contributed by atoms with E-state index in [0.717, 1.165) is 0 Å². The molecule has 6 heteroatoms. The zero-order valence-electron chi connectivity index (χ0n) is 11.0. The second-order valence-corrected chi connectivity index (χ2v) is 4.62. The number of hydrogen-bond acceptors (Lipinski definition) is 3. The molecule has 0 heterocycles. The molecule has 0 bridgehead atoms. The summed E-state index contributed by atoms with van der Waals surface area (Å²) >= 11 is 3.29. The summed E-state index contributed by atoms with van der Waals surface area (Å²) in [5.41, 5.74) is 0.301. The van der Waals surface area contributed by atoms with E-state index in [1.165, 1.54) is 19.2 Å². The van der Waals surface area contributed by atoms with Crippen LogP contribution < -0.4 is 4.74 Å². The minimum Gasteiger partial charge on any atom is -0.494 e. The van der Waals surface area contributed by atoms with Crippen molar-refractivity contribution in [3.05, 3.63) is 29.6 Å². The molecule has 4 nitrogen and oxygen atoms in total. The van der Waals surface area contributed by atoms with Crippen LogP contribution in [0, 0.1) is 5.82 Å². The molecule has 1 rings (SSSR count). The highest BCUT2D eigenvalue weighted by atomic mass is 79.9. The Morgan fingerprint density at radius 2 is 2.11 bits per heavy atom. The van der Waals surface area contributed by atoms with Crippen molar-refractivity contribution >= 4 is 21.8 Å². The fourth-order valence-electron chi connectivity index (χ4n) is 1.60. The molecule has 0 radical (unpaired) electrons. The second-order valence-electron chi connectivity index (χ2n) is 3.82. The van der Waals surface area contributed by atoms with Crippen LogP contribution in [0.4, 0.5) is 4.39 Å². The van der Waals surface area contributed by atoms with Crippen LogP contribution >= 0.6 is 15.9 Å². The van der Waals surface area contributed by atoms with Gasteiger partial charge in [-0.05, 0) is 18.2 Å². The largest absolute Gasteiger partial charge is 0.494 e. The normalized spacial score (nSPS) is 10.3. The lowest BCUT2D eigenvalue weighted by Gasteiger charge is -2.21. The first-order valence-electron chi connectivity index (χ1n) is 5.81. The van der Waals surface area contributed by atoms with Gasteiger partial charge in [0.1, 0.15) is 0 Å². The van der Waals surface area contributed by atoms with Crippen LogP contribution in [0.5, 0.6) is 5.75 Å². The number of rotatable bonds is 7. The molecule has 0 aromatic heterocycles. The monoisotopic (exact) mass is 333 g/mol. The lowest BCUT2D eigenvalue weighted by atomic mass is 10.2. The Labute approximate surface area is 120 Å². The van der Waals surface area contributed by atoms with Gasteiger partial charge in [-0.15, -0.1) is 0 Å². The summed E-state index contributed by atoms with van der Waals surface area (Å²) in [6.45, 7) is 1.45. The van der Waals surface area contributed by atoms with Gasteiger partial charge in [0, 0.05) is 31.1 Å². The molecular formula is C13H17BrFNO3. The average molecular weight is 334 g/mol. The third-order valence-corrected chi connectivity index (χ3v) is 2.96. The highest BCUT2D eigenvalue weighted by Gasteiger charge is 2.16. The van der Waals surface area contributed by atoms with E-state index >= 15 is 0 Å². The molecule has 0 saturated carbocycles. The van der Waals surface area contributed by atoms with Crippen molar-refractivity contribution < 1.29 is 18.7 Å². The third kappa shape index (κ3) is 4.47. The number of benzene rings is 1. The number of hydrogen-bond donors (Lipinski definition) is 0. The molecule has 0 saturated heterocycles. The van der Waals surface area contributed by atoms with E-state index in [1.807, 2.05) is 0 Å². The van der Waals surface area contributed by atoms with E-state index in [9.17, 15) is 9.18 Å². The predicted octanol–water partition coefficient (Wildman–Crippen LogP) is 2.32. The van der Waals surface area contributed by atoms with Crippen LogP contribution in [0.3, 0.4) is 0 Å². The topological polar surface area (TPSA) is 38.8 Å². The minimum absolute atomic E-state index is 0.125. The zero-order chi connectivity index (χ0) is 14.3. The van der Waals surface area contributed by atoms with Crippen molar-refractivity contribution in [1.29, 1.82) is 0 Å². The van der Waals surface area contributed by atoms with Gasteiger partial charge in [0.15, 0.2) is 11.6 Å².